The van der Waals surface area contributed by atoms with E-state index in [-0.39, 0.29) is 10.6 Å². The third-order valence-corrected chi connectivity index (χ3v) is 6.75. The first-order valence-electron chi connectivity index (χ1n) is 8.13. The predicted molar refractivity (Wildman–Crippen MR) is 101 cm³/mol. The molecule has 6 nitrogen and oxygen atoms in total. The van der Waals surface area contributed by atoms with Gasteiger partial charge in [0.25, 0.3) is 0 Å². The molecule has 0 saturated carbocycles. The molecule has 0 bridgehead atoms. The predicted octanol–water partition coefficient (Wildman–Crippen LogP) is 3.59. The molecular formula is C19H22N2O4S. The van der Waals surface area contributed by atoms with Gasteiger partial charge >= 0.3 is 0 Å². The number of aromatic nitrogens is 2. The van der Waals surface area contributed by atoms with Crippen LogP contribution in [0.25, 0.3) is 16.9 Å². The zero-order chi connectivity index (χ0) is 19.1. The highest BCUT2D eigenvalue weighted by atomic mass is 32.2. The second-order valence-corrected chi connectivity index (χ2v) is 9.60. The van der Waals surface area contributed by atoms with Gasteiger partial charge in [0.05, 0.1) is 30.9 Å². The number of ether oxygens (including phenoxy) is 2. The van der Waals surface area contributed by atoms with Crippen LogP contribution in [-0.2, 0) is 9.84 Å². The molecule has 7 heteroatoms. The van der Waals surface area contributed by atoms with Gasteiger partial charge in [-0.1, -0.05) is 12.1 Å². The summed E-state index contributed by atoms with van der Waals surface area (Å²) in [5.74, 6) is 1.00. The second-order valence-electron chi connectivity index (χ2n) is 6.93. The Labute approximate surface area is 153 Å². The minimum atomic E-state index is -3.60. The van der Waals surface area contributed by atoms with Gasteiger partial charge in [0.2, 0.25) is 0 Å². The van der Waals surface area contributed by atoms with E-state index >= 15 is 0 Å². The van der Waals surface area contributed by atoms with Crippen LogP contribution in [0.3, 0.4) is 0 Å². The first-order valence-corrected chi connectivity index (χ1v) is 9.61. The van der Waals surface area contributed by atoms with Crippen molar-refractivity contribution in [2.45, 2.75) is 30.4 Å². The maximum Gasteiger partial charge on any atom is 0.188 e. The highest BCUT2D eigenvalue weighted by molar-refractivity contribution is 7.92. The van der Waals surface area contributed by atoms with E-state index < -0.39 is 14.6 Å². The van der Waals surface area contributed by atoms with Gasteiger partial charge in [-0.15, -0.1) is 0 Å². The SMILES string of the molecule is COc1cccc(-c2cnc3cc(OC)c(S(=O)(=O)C(C)(C)C)cn23)c1. The monoisotopic (exact) mass is 374 g/mol. The third kappa shape index (κ3) is 2.92. The summed E-state index contributed by atoms with van der Waals surface area (Å²) in [5.41, 5.74) is 2.25. The van der Waals surface area contributed by atoms with Crippen LogP contribution in [0.2, 0.25) is 0 Å². The van der Waals surface area contributed by atoms with Gasteiger partial charge in [-0.3, -0.25) is 4.40 Å². The molecule has 2 heterocycles. The smallest absolute Gasteiger partial charge is 0.188 e. The molecule has 0 saturated heterocycles. The lowest BCUT2D eigenvalue weighted by molar-refractivity contribution is 0.401. The van der Waals surface area contributed by atoms with Gasteiger partial charge < -0.3 is 9.47 Å². The molecule has 0 aliphatic carbocycles. The molecule has 26 heavy (non-hydrogen) atoms. The molecule has 3 aromatic rings. The number of pyridine rings is 1. The van der Waals surface area contributed by atoms with Crippen LogP contribution >= 0.6 is 0 Å². The Balaban J connectivity index is 2.29. The van der Waals surface area contributed by atoms with Gasteiger partial charge in [-0.05, 0) is 32.9 Å². The van der Waals surface area contributed by atoms with Gasteiger partial charge in [0, 0.05) is 17.8 Å². The number of methoxy groups -OCH3 is 2. The van der Waals surface area contributed by atoms with E-state index in [1.54, 1.807) is 50.7 Å². The van der Waals surface area contributed by atoms with Crippen molar-refractivity contribution in [3.8, 4) is 22.8 Å². The van der Waals surface area contributed by atoms with Gasteiger partial charge in [-0.25, -0.2) is 13.4 Å². The molecule has 138 valence electrons. The van der Waals surface area contributed by atoms with E-state index in [9.17, 15) is 8.42 Å². The molecule has 3 rings (SSSR count). The fourth-order valence-electron chi connectivity index (χ4n) is 2.67. The first-order chi connectivity index (χ1) is 12.2. The average molecular weight is 374 g/mol. The molecule has 0 N–H and O–H groups in total. The maximum atomic E-state index is 13.0. The standard InChI is InChI=1S/C19H22N2O4S/c1-19(2,3)26(22,23)17-12-21-15(11-20-18(21)10-16(17)25-5)13-7-6-8-14(9-13)24-4/h6-12H,1-5H3. The summed E-state index contributed by atoms with van der Waals surface area (Å²) in [5, 5.41) is 0. The molecule has 0 spiro atoms. The summed E-state index contributed by atoms with van der Waals surface area (Å²) >= 11 is 0. The normalized spacial score (nSPS) is 12.3. The summed E-state index contributed by atoms with van der Waals surface area (Å²) in [4.78, 5) is 4.53. The number of hydrogen-bond acceptors (Lipinski definition) is 5. The fourth-order valence-corrected chi connectivity index (χ4v) is 3.99. The molecule has 2 aromatic heterocycles. The second kappa shape index (κ2) is 6.32. The Kier molecular flexibility index (Phi) is 4.44. The zero-order valence-electron chi connectivity index (χ0n) is 15.5. The maximum absolute atomic E-state index is 13.0. The highest BCUT2D eigenvalue weighted by Crippen LogP contribution is 2.34. The van der Waals surface area contributed by atoms with E-state index in [2.05, 4.69) is 4.98 Å². The summed E-state index contributed by atoms with van der Waals surface area (Å²) in [7, 11) is -0.537. The Morgan fingerprint density at radius 3 is 2.42 bits per heavy atom. The van der Waals surface area contributed by atoms with Crippen molar-refractivity contribution < 1.29 is 17.9 Å². The largest absolute Gasteiger partial charge is 0.497 e. The van der Waals surface area contributed by atoms with E-state index in [1.807, 2.05) is 24.3 Å². The van der Waals surface area contributed by atoms with Crippen LogP contribution in [0, 0.1) is 0 Å². The topological polar surface area (TPSA) is 69.9 Å². The molecule has 0 radical (unpaired) electrons. The lowest BCUT2D eigenvalue weighted by Crippen LogP contribution is -2.28. The number of hydrogen-bond donors (Lipinski definition) is 0. The van der Waals surface area contributed by atoms with Crippen LogP contribution < -0.4 is 9.47 Å². The number of nitrogens with zero attached hydrogens (tertiary/aromatic N) is 2. The van der Waals surface area contributed by atoms with Crippen molar-refractivity contribution in [3.63, 3.8) is 0 Å². The van der Waals surface area contributed by atoms with Crippen LogP contribution in [-0.4, -0.2) is 36.8 Å². The van der Waals surface area contributed by atoms with E-state index in [4.69, 9.17) is 9.47 Å². The average Bonchev–Trinajstić information content (AvgIpc) is 3.02. The fraction of sp³-hybridized carbons (Fsp3) is 0.316. The van der Waals surface area contributed by atoms with Crippen molar-refractivity contribution in [1.29, 1.82) is 0 Å². The number of imidazole rings is 1. The molecule has 0 amide bonds. The van der Waals surface area contributed by atoms with Crippen molar-refractivity contribution in [3.05, 3.63) is 42.7 Å². The van der Waals surface area contributed by atoms with Gasteiger partial charge in [-0.2, -0.15) is 0 Å². The molecule has 0 atom stereocenters. The van der Waals surface area contributed by atoms with Crippen LogP contribution in [0.5, 0.6) is 11.5 Å². The summed E-state index contributed by atoms with van der Waals surface area (Å²) in [6.45, 7) is 5.01. The lowest BCUT2D eigenvalue weighted by atomic mass is 10.1. The summed E-state index contributed by atoms with van der Waals surface area (Å²) in [6, 6.07) is 9.18. The summed E-state index contributed by atoms with van der Waals surface area (Å²) in [6.07, 6.45) is 3.29. The van der Waals surface area contributed by atoms with Crippen molar-refractivity contribution in [1.82, 2.24) is 9.38 Å². The van der Waals surface area contributed by atoms with Crippen LogP contribution in [0.1, 0.15) is 20.8 Å². The van der Waals surface area contributed by atoms with Gasteiger partial charge in [0.1, 0.15) is 22.0 Å². The van der Waals surface area contributed by atoms with E-state index in [0.29, 0.717) is 11.4 Å². The zero-order valence-corrected chi connectivity index (χ0v) is 16.3. The number of sulfone groups is 1. The first kappa shape index (κ1) is 18.3. The van der Waals surface area contributed by atoms with Crippen molar-refractivity contribution >= 4 is 15.5 Å². The van der Waals surface area contributed by atoms with Crippen LogP contribution in [0.15, 0.2) is 47.6 Å². The number of fused-ring (bicyclic) bond motifs is 1. The molecule has 1 aromatic carbocycles. The number of benzene rings is 1. The third-order valence-electron chi connectivity index (χ3n) is 4.26. The highest BCUT2D eigenvalue weighted by Gasteiger charge is 2.34. The van der Waals surface area contributed by atoms with Crippen LogP contribution in [0.4, 0.5) is 0 Å². The molecule has 0 fully saturated rings. The minimum Gasteiger partial charge on any atom is -0.497 e. The number of rotatable bonds is 4. The lowest BCUT2D eigenvalue weighted by Gasteiger charge is -2.21. The van der Waals surface area contributed by atoms with Crippen molar-refractivity contribution in [2.24, 2.45) is 0 Å². The van der Waals surface area contributed by atoms with E-state index in [0.717, 1.165) is 11.3 Å². The Morgan fingerprint density at radius 1 is 1.08 bits per heavy atom. The Hall–Kier alpha value is -2.54. The Bertz CT molecular complexity index is 1060. The Morgan fingerprint density at radius 2 is 1.81 bits per heavy atom. The van der Waals surface area contributed by atoms with Gasteiger partial charge in [0.15, 0.2) is 9.84 Å². The minimum absolute atomic E-state index is 0.141. The summed E-state index contributed by atoms with van der Waals surface area (Å²) < 4.78 is 37.4. The van der Waals surface area contributed by atoms with E-state index in [1.165, 1.54) is 7.11 Å². The molecule has 0 aliphatic heterocycles. The molecule has 0 aliphatic rings. The molecular weight excluding hydrogens is 352 g/mol. The van der Waals surface area contributed by atoms with Crippen molar-refractivity contribution in [2.75, 3.05) is 14.2 Å². The molecule has 0 unspecified atom stereocenters. The quantitative estimate of drug-likeness (QED) is 0.698.